The van der Waals surface area contributed by atoms with Crippen LogP contribution < -0.4 is 5.73 Å². The van der Waals surface area contributed by atoms with E-state index in [2.05, 4.69) is 35.3 Å². The Balaban J connectivity index is 2.06. The van der Waals surface area contributed by atoms with Gasteiger partial charge in [-0.2, -0.15) is 0 Å². The zero-order valence-corrected chi connectivity index (χ0v) is 12.5. The van der Waals surface area contributed by atoms with Crippen LogP contribution >= 0.6 is 0 Å². The van der Waals surface area contributed by atoms with Crippen molar-refractivity contribution in [3.05, 3.63) is 18.2 Å². The van der Waals surface area contributed by atoms with Crippen molar-refractivity contribution in [2.24, 2.45) is 17.6 Å². The summed E-state index contributed by atoms with van der Waals surface area (Å²) in [6.07, 6.45) is 6.63. The van der Waals surface area contributed by atoms with Gasteiger partial charge < -0.3 is 15.2 Å². The molecule has 2 unspecified atom stereocenters. The molecular formula is C15H28N4. The maximum atomic E-state index is 5.94. The van der Waals surface area contributed by atoms with Gasteiger partial charge in [0, 0.05) is 37.4 Å². The van der Waals surface area contributed by atoms with Crippen molar-refractivity contribution >= 4 is 0 Å². The van der Waals surface area contributed by atoms with E-state index >= 15 is 0 Å². The van der Waals surface area contributed by atoms with Crippen molar-refractivity contribution in [1.82, 2.24) is 14.5 Å². The smallest absolute Gasteiger partial charge is 0.0948 e. The van der Waals surface area contributed by atoms with E-state index in [1.165, 1.54) is 31.6 Å². The van der Waals surface area contributed by atoms with Crippen LogP contribution in [0.3, 0.4) is 0 Å². The number of hydrogen-bond acceptors (Lipinski definition) is 3. The molecule has 2 rings (SSSR count). The molecule has 1 aliphatic rings. The van der Waals surface area contributed by atoms with Crippen LogP contribution in [0.4, 0.5) is 0 Å². The van der Waals surface area contributed by atoms with E-state index in [1.807, 2.05) is 12.5 Å². The molecule has 0 aromatic carbocycles. The zero-order chi connectivity index (χ0) is 13.8. The molecule has 4 heteroatoms. The van der Waals surface area contributed by atoms with Gasteiger partial charge in [-0.05, 0) is 38.3 Å². The second-order valence-electron chi connectivity index (χ2n) is 6.33. The average molecular weight is 264 g/mol. The standard InChI is InChI=1S/C15H28N4/c1-12(2)14(7-16)15-8-17-11-19(15)10-13-5-4-6-18(3)9-13/h8,11-14H,4-7,9-10,16H2,1-3H3. The lowest BCUT2D eigenvalue weighted by molar-refractivity contribution is 0.193. The number of nitrogens with zero attached hydrogens (tertiary/aromatic N) is 3. The molecule has 19 heavy (non-hydrogen) atoms. The second-order valence-corrected chi connectivity index (χ2v) is 6.33. The van der Waals surface area contributed by atoms with Crippen molar-refractivity contribution in [3.8, 4) is 0 Å². The zero-order valence-electron chi connectivity index (χ0n) is 12.5. The van der Waals surface area contributed by atoms with Crippen LogP contribution in [0.25, 0.3) is 0 Å². The van der Waals surface area contributed by atoms with Crippen molar-refractivity contribution in [1.29, 1.82) is 0 Å². The van der Waals surface area contributed by atoms with Crippen LogP contribution in [-0.4, -0.2) is 41.1 Å². The summed E-state index contributed by atoms with van der Waals surface area (Å²) in [5.74, 6) is 1.73. The molecule has 1 aromatic rings. The number of aromatic nitrogens is 2. The minimum atomic E-state index is 0.420. The number of hydrogen-bond donors (Lipinski definition) is 1. The first kappa shape index (κ1) is 14.5. The first-order valence-corrected chi connectivity index (χ1v) is 7.50. The van der Waals surface area contributed by atoms with Gasteiger partial charge in [-0.3, -0.25) is 0 Å². The van der Waals surface area contributed by atoms with Crippen molar-refractivity contribution < 1.29 is 0 Å². The lowest BCUT2D eigenvalue weighted by Crippen LogP contribution is -2.34. The van der Waals surface area contributed by atoms with Gasteiger partial charge in [-0.15, -0.1) is 0 Å². The van der Waals surface area contributed by atoms with E-state index < -0.39 is 0 Å². The quantitative estimate of drug-likeness (QED) is 0.884. The highest BCUT2D eigenvalue weighted by Gasteiger charge is 2.22. The molecule has 0 saturated carbocycles. The van der Waals surface area contributed by atoms with Gasteiger partial charge in [-0.25, -0.2) is 4.98 Å². The van der Waals surface area contributed by atoms with E-state index in [-0.39, 0.29) is 0 Å². The lowest BCUT2D eigenvalue weighted by atomic mass is 9.92. The summed E-state index contributed by atoms with van der Waals surface area (Å²) in [6, 6.07) is 0. The Morgan fingerprint density at radius 1 is 1.47 bits per heavy atom. The minimum absolute atomic E-state index is 0.420. The summed E-state index contributed by atoms with van der Waals surface area (Å²) < 4.78 is 2.33. The molecule has 0 radical (unpaired) electrons. The normalized spacial score (nSPS) is 22.9. The summed E-state index contributed by atoms with van der Waals surface area (Å²) in [5, 5.41) is 0. The first-order valence-electron chi connectivity index (χ1n) is 7.50. The first-order chi connectivity index (χ1) is 9.11. The summed E-state index contributed by atoms with van der Waals surface area (Å²) >= 11 is 0. The Labute approximate surface area is 117 Å². The van der Waals surface area contributed by atoms with E-state index in [4.69, 9.17) is 5.73 Å². The molecule has 0 aliphatic carbocycles. The molecule has 0 amide bonds. The molecule has 4 nitrogen and oxygen atoms in total. The molecular weight excluding hydrogens is 236 g/mol. The third kappa shape index (κ3) is 3.57. The van der Waals surface area contributed by atoms with Crippen LogP contribution in [0, 0.1) is 11.8 Å². The number of imidazole rings is 1. The Kier molecular flexibility index (Phi) is 4.99. The third-order valence-electron chi connectivity index (χ3n) is 4.36. The molecule has 2 atom stereocenters. The third-order valence-corrected chi connectivity index (χ3v) is 4.36. The maximum absolute atomic E-state index is 5.94. The van der Waals surface area contributed by atoms with Gasteiger partial charge >= 0.3 is 0 Å². The van der Waals surface area contributed by atoms with Gasteiger partial charge in [0.05, 0.1) is 6.33 Å². The van der Waals surface area contributed by atoms with Crippen molar-refractivity contribution in [2.45, 2.75) is 39.2 Å². The molecule has 1 aliphatic heterocycles. The summed E-state index contributed by atoms with van der Waals surface area (Å²) in [6.45, 7) is 8.71. The largest absolute Gasteiger partial charge is 0.334 e. The number of likely N-dealkylation sites (tertiary alicyclic amines) is 1. The van der Waals surface area contributed by atoms with Gasteiger partial charge in [-0.1, -0.05) is 13.8 Å². The SMILES string of the molecule is CC(C)C(CN)c1cncn1CC1CCCN(C)C1. The van der Waals surface area contributed by atoms with E-state index in [9.17, 15) is 0 Å². The molecule has 1 fully saturated rings. The van der Waals surface area contributed by atoms with Crippen molar-refractivity contribution in [3.63, 3.8) is 0 Å². The van der Waals surface area contributed by atoms with Gasteiger partial charge in [0.2, 0.25) is 0 Å². The van der Waals surface area contributed by atoms with Gasteiger partial charge in [0.1, 0.15) is 0 Å². The Morgan fingerprint density at radius 2 is 2.26 bits per heavy atom. The van der Waals surface area contributed by atoms with E-state index in [0.717, 1.165) is 12.5 Å². The minimum Gasteiger partial charge on any atom is -0.334 e. The fourth-order valence-corrected chi connectivity index (χ4v) is 3.23. The topological polar surface area (TPSA) is 47.1 Å². The molecule has 2 heterocycles. The predicted octanol–water partition coefficient (Wildman–Crippen LogP) is 1.92. The number of nitrogens with two attached hydrogens (primary N) is 1. The maximum Gasteiger partial charge on any atom is 0.0948 e. The highest BCUT2D eigenvalue weighted by atomic mass is 15.1. The molecule has 0 spiro atoms. The summed E-state index contributed by atoms with van der Waals surface area (Å²) in [7, 11) is 2.22. The summed E-state index contributed by atoms with van der Waals surface area (Å²) in [5.41, 5.74) is 7.25. The molecule has 0 bridgehead atoms. The molecule has 1 saturated heterocycles. The molecule has 2 N–H and O–H groups in total. The van der Waals surface area contributed by atoms with Crippen LogP contribution in [-0.2, 0) is 6.54 Å². The second kappa shape index (κ2) is 6.53. The lowest BCUT2D eigenvalue weighted by Gasteiger charge is -2.31. The fourth-order valence-electron chi connectivity index (χ4n) is 3.23. The Morgan fingerprint density at radius 3 is 2.89 bits per heavy atom. The Bertz CT molecular complexity index is 385. The highest BCUT2D eigenvalue weighted by molar-refractivity contribution is 5.08. The fraction of sp³-hybridized carbons (Fsp3) is 0.800. The van der Waals surface area contributed by atoms with Gasteiger partial charge in [0.15, 0.2) is 0 Å². The van der Waals surface area contributed by atoms with Gasteiger partial charge in [0.25, 0.3) is 0 Å². The molecule has 108 valence electrons. The van der Waals surface area contributed by atoms with Crippen LogP contribution in [0.15, 0.2) is 12.5 Å². The number of rotatable bonds is 5. The van der Waals surface area contributed by atoms with E-state index in [1.54, 1.807) is 0 Å². The predicted molar refractivity (Wildman–Crippen MR) is 79.1 cm³/mol. The van der Waals surface area contributed by atoms with E-state index in [0.29, 0.717) is 18.4 Å². The van der Waals surface area contributed by atoms with Crippen LogP contribution in [0.1, 0.15) is 38.3 Å². The summed E-state index contributed by atoms with van der Waals surface area (Å²) in [4.78, 5) is 6.79. The monoisotopic (exact) mass is 264 g/mol. The average Bonchev–Trinajstić information content (AvgIpc) is 2.78. The Hall–Kier alpha value is -0.870. The van der Waals surface area contributed by atoms with Crippen molar-refractivity contribution in [2.75, 3.05) is 26.7 Å². The molecule has 1 aromatic heterocycles. The highest BCUT2D eigenvalue weighted by Crippen LogP contribution is 2.25. The number of piperidine rings is 1. The van der Waals surface area contributed by atoms with Crippen LogP contribution in [0.5, 0.6) is 0 Å². The van der Waals surface area contributed by atoms with Crippen LogP contribution in [0.2, 0.25) is 0 Å².